The lowest BCUT2D eigenvalue weighted by Crippen LogP contribution is -2.48. The van der Waals surface area contributed by atoms with Gasteiger partial charge >= 0.3 is 0 Å². The lowest BCUT2D eigenvalue weighted by atomic mass is 9.70. The van der Waals surface area contributed by atoms with Gasteiger partial charge in [0.25, 0.3) is 10.1 Å². The van der Waals surface area contributed by atoms with Crippen molar-refractivity contribution in [3.05, 3.63) is 29.4 Å². The van der Waals surface area contributed by atoms with Crippen LogP contribution in [0.25, 0.3) is 0 Å². The van der Waals surface area contributed by atoms with Crippen molar-refractivity contribution in [2.75, 3.05) is 47.2 Å². The second kappa shape index (κ2) is 14.3. The summed E-state index contributed by atoms with van der Waals surface area (Å²) in [6, 6.07) is 5.68. The van der Waals surface area contributed by atoms with Crippen molar-refractivity contribution >= 4 is 60.7 Å². The maximum atomic E-state index is 11.9. The number of hydrogen-bond acceptors (Lipinski definition) is 11. The molecule has 6 rings (SSSR count). The first-order chi connectivity index (χ1) is 22.5. The highest BCUT2D eigenvalue weighted by atomic mass is 35.5. The molecule has 3 saturated carbocycles. The third-order valence-electron chi connectivity index (χ3n) is 10.5. The van der Waals surface area contributed by atoms with Gasteiger partial charge in [-0.25, -0.2) is 18.1 Å². The van der Waals surface area contributed by atoms with E-state index in [1.165, 1.54) is 6.26 Å². The minimum Gasteiger partial charge on any atom is -0.491 e. The number of carbonyl (C=O) groups is 1. The van der Waals surface area contributed by atoms with E-state index in [1.54, 1.807) is 6.20 Å². The molecule has 13 nitrogen and oxygen atoms in total. The van der Waals surface area contributed by atoms with Gasteiger partial charge in [-0.15, -0.1) is 0 Å². The summed E-state index contributed by atoms with van der Waals surface area (Å²) in [5.41, 5.74) is 0.779. The zero-order valence-electron chi connectivity index (χ0n) is 28.0. The molecule has 0 saturated heterocycles. The summed E-state index contributed by atoms with van der Waals surface area (Å²) in [6.07, 6.45) is 9.26. The van der Waals surface area contributed by atoms with Gasteiger partial charge in [-0.1, -0.05) is 38.3 Å². The summed E-state index contributed by atoms with van der Waals surface area (Å²) in [5.74, 6) is 1.61. The molecule has 4 aliphatic rings. The molecule has 1 aliphatic heterocycles. The van der Waals surface area contributed by atoms with E-state index in [0.717, 1.165) is 68.7 Å². The van der Waals surface area contributed by atoms with Crippen molar-refractivity contribution in [2.45, 2.75) is 84.2 Å². The Bertz CT molecular complexity index is 1730. The quantitative estimate of drug-likeness (QED) is 0.254. The van der Waals surface area contributed by atoms with Gasteiger partial charge < -0.3 is 20.3 Å². The molecule has 16 heteroatoms. The number of fused-ring (bicyclic) bond motifs is 3. The Morgan fingerprint density at radius 2 is 1.83 bits per heavy atom. The van der Waals surface area contributed by atoms with Crippen LogP contribution in [0.15, 0.2) is 24.4 Å². The van der Waals surface area contributed by atoms with E-state index in [9.17, 15) is 21.6 Å². The number of ether oxygens (including phenoxy) is 1. The minimum atomic E-state index is -4.08. The number of anilines is 4. The van der Waals surface area contributed by atoms with Crippen LogP contribution in [0, 0.1) is 16.7 Å². The van der Waals surface area contributed by atoms with Crippen LogP contribution in [0.3, 0.4) is 0 Å². The lowest BCUT2D eigenvalue weighted by molar-refractivity contribution is -0.128. The van der Waals surface area contributed by atoms with Crippen molar-refractivity contribution in [1.29, 1.82) is 0 Å². The molecule has 4 N–H and O–H groups in total. The van der Waals surface area contributed by atoms with Crippen molar-refractivity contribution in [3.63, 3.8) is 0 Å². The second-order valence-electron chi connectivity index (χ2n) is 13.9. The molecule has 1 aromatic carbocycles. The molecule has 2 heterocycles. The lowest BCUT2D eigenvalue weighted by Gasteiger charge is -2.35. The minimum absolute atomic E-state index is 0.0152. The Morgan fingerprint density at radius 1 is 1.10 bits per heavy atom. The molecular formula is C32H47ClN6O7S2. The van der Waals surface area contributed by atoms with Gasteiger partial charge in [0.05, 0.1) is 35.9 Å². The molecule has 2 unspecified atom stereocenters. The first-order valence-corrected chi connectivity index (χ1v) is 20.4. The summed E-state index contributed by atoms with van der Waals surface area (Å²) in [6.45, 7) is 8.61. The molecule has 48 heavy (non-hydrogen) atoms. The number of nitrogens with one attached hydrogen (secondary N) is 3. The maximum absolute atomic E-state index is 11.9. The fourth-order valence-corrected chi connectivity index (χ4v) is 10.1. The van der Waals surface area contributed by atoms with E-state index in [4.69, 9.17) is 20.9 Å². The Morgan fingerprint density at radius 3 is 2.46 bits per heavy atom. The fraction of sp³-hybridized carbons (Fsp3) is 0.656. The molecule has 1 aromatic heterocycles. The second-order valence-corrected chi connectivity index (χ2v) is 17.5. The van der Waals surface area contributed by atoms with Crippen molar-refractivity contribution in [2.24, 2.45) is 16.7 Å². The number of ketones is 1. The van der Waals surface area contributed by atoms with Crippen molar-refractivity contribution < 1.29 is 30.9 Å². The Labute approximate surface area is 288 Å². The highest BCUT2D eigenvalue weighted by Gasteiger charge is 2.65. The average molecular weight is 727 g/mol. The molecule has 4 atom stereocenters. The van der Waals surface area contributed by atoms with E-state index in [1.807, 2.05) is 32.0 Å². The van der Waals surface area contributed by atoms with Gasteiger partial charge in [-0.05, 0) is 62.5 Å². The van der Waals surface area contributed by atoms with E-state index in [-0.39, 0.29) is 29.2 Å². The van der Waals surface area contributed by atoms with E-state index in [2.05, 4.69) is 37.1 Å². The number of benzene rings is 1. The number of nitrogens with zero attached hydrogens (tertiary/aromatic N) is 3. The topological polar surface area (TPSA) is 180 Å². The first kappa shape index (κ1) is 36.6. The van der Waals surface area contributed by atoms with E-state index >= 15 is 0 Å². The Kier molecular flexibility index (Phi) is 10.9. The standard InChI is InChI=1S/C22H31ClN6O3S.C10H16O4S/c1-3-29-11-6-12-32-20-13-15(9-10-19(20)29)25-22-24-14-16(23)21(27-22)26-17-7-4-5-8-18(17)28-33(2,30)31;1-9(2)7-3-4-10(9,8(11)5-7)6-15(12,13)14/h9-10,13-14,17-18,28H,3-8,11-12H2,1-2H3,(H2,24,25,26,27);7H,3-6H2,1-2H3,(H,12,13,14)/t17-,18-;/m1./s1. The van der Waals surface area contributed by atoms with E-state index < -0.39 is 31.3 Å². The molecule has 0 spiro atoms. The van der Waals surface area contributed by atoms with Crippen LogP contribution in [0.5, 0.6) is 5.75 Å². The largest absolute Gasteiger partial charge is 0.491 e. The fourth-order valence-electron chi connectivity index (χ4n) is 7.83. The predicted octanol–water partition coefficient (Wildman–Crippen LogP) is 5.02. The smallest absolute Gasteiger partial charge is 0.265 e. The number of hydrogen-bond donors (Lipinski definition) is 4. The highest BCUT2D eigenvalue weighted by Crippen LogP contribution is 2.64. The maximum Gasteiger partial charge on any atom is 0.265 e. The summed E-state index contributed by atoms with van der Waals surface area (Å²) >= 11 is 6.36. The van der Waals surface area contributed by atoms with Crippen LogP contribution in [0.4, 0.5) is 23.1 Å². The van der Waals surface area contributed by atoms with Crippen LogP contribution >= 0.6 is 11.6 Å². The van der Waals surface area contributed by atoms with Crippen LogP contribution in [-0.4, -0.2) is 80.9 Å². The van der Waals surface area contributed by atoms with Gasteiger partial charge in [0.2, 0.25) is 16.0 Å². The van der Waals surface area contributed by atoms with E-state index in [0.29, 0.717) is 36.2 Å². The summed E-state index contributed by atoms with van der Waals surface area (Å²) in [7, 11) is -7.38. The third kappa shape index (κ3) is 8.18. The monoisotopic (exact) mass is 726 g/mol. The summed E-state index contributed by atoms with van der Waals surface area (Å²) in [4.78, 5) is 23.1. The number of rotatable bonds is 9. The summed E-state index contributed by atoms with van der Waals surface area (Å²) < 4.78 is 63.2. The van der Waals surface area contributed by atoms with Crippen molar-refractivity contribution in [1.82, 2.24) is 14.7 Å². The van der Waals surface area contributed by atoms with Gasteiger partial charge in [-0.3, -0.25) is 9.35 Å². The van der Waals surface area contributed by atoms with Gasteiger partial charge in [-0.2, -0.15) is 13.4 Å². The Balaban J connectivity index is 0.000000250. The number of aromatic nitrogens is 2. The number of carbonyl (C=O) groups excluding carboxylic acids is 1. The normalized spacial score (nSPS) is 26.5. The zero-order valence-corrected chi connectivity index (χ0v) is 30.3. The first-order valence-electron chi connectivity index (χ1n) is 16.5. The number of sulfonamides is 1. The predicted molar refractivity (Wildman–Crippen MR) is 187 cm³/mol. The molecule has 3 fully saturated rings. The van der Waals surface area contributed by atoms with Crippen LogP contribution in [-0.2, 0) is 24.9 Å². The Hall–Kier alpha value is -2.72. The molecular weight excluding hydrogens is 680 g/mol. The average Bonchev–Trinajstić information content (AvgIpc) is 3.22. The van der Waals surface area contributed by atoms with Gasteiger partial charge in [0, 0.05) is 43.3 Å². The molecule has 3 aliphatic carbocycles. The molecule has 0 radical (unpaired) electrons. The van der Waals surface area contributed by atoms with Gasteiger partial charge in [0.15, 0.2) is 5.82 Å². The van der Waals surface area contributed by atoms with Crippen LogP contribution < -0.4 is 25.0 Å². The van der Waals surface area contributed by atoms with Crippen LogP contribution in [0.1, 0.15) is 72.1 Å². The van der Waals surface area contributed by atoms with Crippen molar-refractivity contribution in [3.8, 4) is 5.75 Å². The van der Waals surface area contributed by atoms with Crippen LogP contribution in [0.2, 0.25) is 5.02 Å². The SMILES string of the molecule is CC1(C)C2CCC1(CS(=O)(=O)O)C(=O)C2.CCN1CCCOc2cc(Nc3ncc(Cl)c(N[C@@H]4CCCC[C@H]4NS(C)(=O)=O)n3)ccc21. The highest BCUT2D eigenvalue weighted by molar-refractivity contribution is 7.88. The molecule has 2 bridgehead atoms. The molecule has 2 aromatic rings. The summed E-state index contributed by atoms with van der Waals surface area (Å²) in [5, 5.41) is 6.95. The third-order valence-corrected chi connectivity index (χ3v) is 12.4. The molecule has 266 valence electrons. The number of halogens is 1. The molecule has 0 amide bonds. The van der Waals surface area contributed by atoms with Gasteiger partial charge in [0.1, 0.15) is 16.6 Å². The number of Topliss-reactive ketones (excluding diaryl/α,β-unsaturated/α-hetero) is 1. The zero-order chi connectivity index (χ0) is 34.9.